The van der Waals surface area contributed by atoms with Gasteiger partial charge in [-0.1, -0.05) is 30.3 Å². The summed E-state index contributed by atoms with van der Waals surface area (Å²) in [5.41, 5.74) is 0.945. The molecule has 0 fully saturated rings. The molecule has 0 radical (unpaired) electrons. The molecule has 0 aliphatic carbocycles. The summed E-state index contributed by atoms with van der Waals surface area (Å²) in [5.74, 6) is -0.933. The highest BCUT2D eigenvalue weighted by Gasteiger charge is 2.08. The van der Waals surface area contributed by atoms with Crippen molar-refractivity contribution >= 4 is 11.8 Å². The van der Waals surface area contributed by atoms with Gasteiger partial charge in [0.25, 0.3) is 0 Å². The SMILES string of the molecule is O=C(Nc1ccc(F)cc1O)OCc1ccccc1. The lowest BCUT2D eigenvalue weighted by molar-refractivity contribution is 0.155. The maximum absolute atomic E-state index is 12.8. The summed E-state index contributed by atoms with van der Waals surface area (Å²) in [7, 11) is 0. The molecule has 0 bridgehead atoms. The fraction of sp³-hybridized carbons (Fsp3) is 0.0714. The van der Waals surface area contributed by atoms with Gasteiger partial charge in [0.05, 0.1) is 5.69 Å². The van der Waals surface area contributed by atoms with E-state index in [1.54, 1.807) is 0 Å². The van der Waals surface area contributed by atoms with Crippen molar-refractivity contribution in [3.05, 3.63) is 59.9 Å². The van der Waals surface area contributed by atoms with E-state index in [0.717, 1.165) is 17.7 Å². The van der Waals surface area contributed by atoms with Crippen LogP contribution >= 0.6 is 0 Å². The number of hydrogen-bond donors (Lipinski definition) is 2. The molecule has 0 saturated carbocycles. The third-order valence-electron chi connectivity index (χ3n) is 2.41. The number of rotatable bonds is 3. The zero-order chi connectivity index (χ0) is 13.7. The molecule has 0 heterocycles. The van der Waals surface area contributed by atoms with E-state index in [4.69, 9.17) is 4.74 Å². The molecule has 5 heteroatoms. The van der Waals surface area contributed by atoms with Gasteiger partial charge in [0.1, 0.15) is 18.2 Å². The maximum atomic E-state index is 12.8. The highest BCUT2D eigenvalue weighted by Crippen LogP contribution is 2.23. The van der Waals surface area contributed by atoms with Crippen LogP contribution in [0.2, 0.25) is 0 Å². The van der Waals surface area contributed by atoms with Crippen LogP contribution in [0.5, 0.6) is 5.75 Å². The first kappa shape index (κ1) is 12.9. The van der Waals surface area contributed by atoms with Gasteiger partial charge in [0.15, 0.2) is 0 Å². The van der Waals surface area contributed by atoms with Crippen molar-refractivity contribution in [2.24, 2.45) is 0 Å². The molecule has 0 saturated heterocycles. The molecule has 1 amide bonds. The summed E-state index contributed by atoms with van der Waals surface area (Å²) in [6.07, 6.45) is -0.717. The molecule has 0 unspecified atom stereocenters. The summed E-state index contributed by atoms with van der Waals surface area (Å²) in [6.45, 7) is 0.120. The Kier molecular flexibility index (Phi) is 3.97. The van der Waals surface area contributed by atoms with Gasteiger partial charge in [-0.15, -0.1) is 0 Å². The van der Waals surface area contributed by atoms with Crippen molar-refractivity contribution < 1.29 is 19.0 Å². The number of halogens is 1. The van der Waals surface area contributed by atoms with Crippen LogP contribution in [0.25, 0.3) is 0 Å². The van der Waals surface area contributed by atoms with Crippen LogP contribution in [-0.2, 0) is 11.3 Å². The summed E-state index contributed by atoms with van der Waals surface area (Å²) in [4.78, 5) is 11.5. The molecule has 0 aromatic heterocycles. The van der Waals surface area contributed by atoms with E-state index >= 15 is 0 Å². The minimum Gasteiger partial charge on any atom is -0.506 e. The van der Waals surface area contributed by atoms with Crippen molar-refractivity contribution in [3.8, 4) is 5.75 Å². The molecular weight excluding hydrogens is 249 g/mol. The summed E-state index contributed by atoms with van der Waals surface area (Å²) in [5, 5.41) is 11.7. The lowest BCUT2D eigenvalue weighted by atomic mass is 10.2. The Bertz CT molecular complexity index is 572. The van der Waals surface area contributed by atoms with Gasteiger partial charge in [-0.3, -0.25) is 5.32 Å². The summed E-state index contributed by atoms with van der Waals surface area (Å²) in [6, 6.07) is 12.5. The fourth-order valence-electron chi connectivity index (χ4n) is 1.48. The molecule has 0 atom stereocenters. The van der Waals surface area contributed by atoms with Gasteiger partial charge in [0, 0.05) is 6.07 Å². The van der Waals surface area contributed by atoms with E-state index in [9.17, 15) is 14.3 Å². The van der Waals surface area contributed by atoms with Crippen molar-refractivity contribution in [3.63, 3.8) is 0 Å². The molecule has 0 aliphatic heterocycles. The Balaban J connectivity index is 1.91. The lowest BCUT2D eigenvalue weighted by Crippen LogP contribution is -2.13. The van der Waals surface area contributed by atoms with E-state index in [-0.39, 0.29) is 18.0 Å². The van der Waals surface area contributed by atoms with E-state index in [1.165, 1.54) is 6.07 Å². The Morgan fingerprint density at radius 3 is 2.63 bits per heavy atom. The molecule has 4 nitrogen and oxygen atoms in total. The minimum absolute atomic E-state index is 0.0967. The van der Waals surface area contributed by atoms with Crippen LogP contribution in [0.3, 0.4) is 0 Å². The van der Waals surface area contributed by atoms with Gasteiger partial charge < -0.3 is 9.84 Å². The van der Waals surface area contributed by atoms with Gasteiger partial charge in [-0.2, -0.15) is 0 Å². The Labute approximate surface area is 109 Å². The van der Waals surface area contributed by atoms with Gasteiger partial charge in [-0.05, 0) is 17.7 Å². The molecular formula is C14H12FNO3. The van der Waals surface area contributed by atoms with Crippen LogP contribution < -0.4 is 5.32 Å². The molecule has 2 aromatic rings. The number of anilines is 1. The van der Waals surface area contributed by atoms with Gasteiger partial charge in [0.2, 0.25) is 0 Å². The monoisotopic (exact) mass is 261 g/mol. The Morgan fingerprint density at radius 1 is 1.21 bits per heavy atom. The molecule has 19 heavy (non-hydrogen) atoms. The van der Waals surface area contributed by atoms with Crippen LogP contribution in [0.15, 0.2) is 48.5 Å². The first-order valence-corrected chi connectivity index (χ1v) is 5.61. The number of hydrogen-bond acceptors (Lipinski definition) is 3. The summed E-state index contributed by atoms with van der Waals surface area (Å²) < 4.78 is 17.7. The average Bonchev–Trinajstić information content (AvgIpc) is 2.41. The number of phenols is 1. The second kappa shape index (κ2) is 5.86. The Morgan fingerprint density at radius 2 is 1.95 bits per heavy atom. The molecule has 98 valence electrons. The third-order valence-corrected chi connectivity index (χ3v) is 2.41. The Hall–Kier alpha value is -2.56. The number of carbonyl (C=O) groups excluding carboxylic acids is 1. The van der Waals surface area contributed by atoms with E-state index in [2.05, 4.69) is 5.32 Å². The number of aromatic hydroxyl groups is 1. The lowest BCUT2D eigenvalue weighted by Gasteiger charge is -2.08. The highest BCUT2D eigenvalue weighted by atomic mass is 19.1. The highest BCUT2D eigenvalue weighted by molar-refractivity contribution is 5.86. The average molecular weight is 261 g/mol. The molecule has 0 aliphatic rings. The van der Waals surface area contributed by atoms with Crippen molar-refractivity contribution in [2.45, 2.75) is 6.61 Å². The molecule has 2 rings (SSSR count). The summed E-state index contributed by atoms with van der Waals surface area (Å²) >= 11 is 0. The van der Waals surface area contributed by atoms with Crippen LogP contribution in [0, 0.1) is 5.82 Å². The van der Waals surface area contributed by atoms with Crippen molar-refractivity contribution in [1.29, 1.82) is 0 Å². The van der Waals surface area contributed by atoms with Crippen molar-refractivity contribution in [2.75, 3.05) is 5.32 Å². The first-order chi connectivity index (χ1) is 9.15. The third kappa shape index (κ3) is 3.70. The molecule has 0 spiro atoms. The van der Waals surface area contributed by atoms with Gasteiger partial charge >= 0.3 is 6.09 Å². The second-order valence-electron chi connectivity index (χ2n) is 3.85. The molecule has 2 aromatic carbocycles. The number of amides is 1. The zero-order valence-corrected chi connectivity index (χ0v) is 9.97. The number of phenolic OH excluding ortho intramolecular Hbond substituents is 1. The fourth-order valence-corrected chi connectivity index (χ4v) is 1.48. The first-order valence-electron chi connectivity index (χ1n) is 5.61. The van der Waals surface area contributed by atoms with Crippen molar-refractivity contribution in [1.82, 2.24) is 0 Å². The maximum Gasteiger partial charge on any atom is 0.412 e. The van der Waals surface area contributed by atoms with Crippen LogP contribution in [-0.4, -0.2) is 11.2 Å². The number of carbonyl (C=O) groups is 1. The standard InChI is InChI=1S/C14H12FNO3/c15-11-6-7-12(13(17)8-11)16-14(18)19-9-10-4-2-1-3-5-10/h1-8,17H,9H2,(H,16,18). The minimum atomic E-state index is -0.717. The van der Waals surface area contributed by atoms with E-state index in [0.29, 0.717) is 0 Å². The van der Waals surface area contributed by atoms with Gasteiger partial charge in [-0.25, -0.2) is 9.18 Å². The second-order valence-corrected chi connectivity index (χ2v) is 3.85. The van der Waals surface area contributed by atoms with E-state index < -0.39 is 11.9 Å². The van der Waals surface area contributed by atoms with E-state index in [1.807, 2.05) is 30.3 Å². The smallest absolute Gasteiger partial charge is 0.412 e. The topological polar surface area (TPSA) is 58.6 Å². The number of nitrogens with one attached hydrogen (secondary N) is 1. The quantitative estimate of drug-likeness (QED) is 0.833. The number of benzene rings is 2. The predicted molar refractivity (Wildman–Crippen MR) is 68.3 cm³/mol. The normalized spacial score (nSPS) is 9.95. The van der Waals surface area contributed by atoms with Crippen LogP contribution in [0.1, 0.15) is 5.56 Å². The predicted octanol–water partition coefficient (Wildman–Crippen LogP) is 3.28. The van der Waals surface area contributed by atoms with Crippen LogP contribution in [0.4, 0.5) is 14.9 Å². The molecule has 2 N–H and O–H groups in total. The zero-order valence-electron chi connectivity index (χ0n) is 9.97. The number of ether oxygens (including phenoxy) is 1. The largest absolute Gasteiger partial charge is 0.506 e.